The molecule has 0 unspecified atom stereocenters. The minimum absolute atomic E-state index is 0.193. The Morgan fingerprint density at radius 1 is 1.23 bits per heavy atom. The summed E-state index contributed by atoms with van der Waals surface area (Å²) in [4.78, 5) is -1.85. The number of fused-ring (bicyclic) bond motifs is 1. The number of benzene rings is 1. The van der Waals surface area contributed by atoms with Crippen LogP contribution in [0.2, 0.25) is 0 Å². The molecule has 2 fully saturated rings. The Morgan fingerprint density at radius 2 is 1.77 bits per heavy atom. The maximum atomic E-state index is 14.0. The largest absolute Gasteiger partial charge is 0.327 e. The highest BCUT2D eigenvalue weighted by molar-refractivity contribution is 8.99. The third-order valence-electron chi connectivity index (χ3n) is 4.53. The van der Waals surface area contributed by atoms with E-state index in [1.54, 1.807) is 0 Å². The van der Waals surface area contributed by atoms with Gasteiger partial charge in [-0.05, 0) is 55.3 Å². The molecule has 0 bridgehead atoms. The van der Waals surface area contributed by atoms with Crippen molar-refractivity contribution in [3.63, 3.8) is 0 Å². The van der Waals surface area contributed by atoms with Gasteiger partial charge in [0.2, 0.25) is 5.82 Å². The van der Waals surface area contributed by atoms with Crippen molar-refractivity contribution in [3.05, 3.63) is 41.2 Å². The van der Waals surface area contributed by atoms with Gasteiger partial charge in [0.25, 0.3) is 0 Å². The fourth-order valence-corrected chi connectivity index (χ4v) is 13.8. The standard InChI is InChI=1S/C15H15F5NOPS3/c1-6(2)7-3-4-15(21)8(5-7)22-23(24,26-15)25-14-12(19)10(17)9(16)11(18)13(14)20/h7-8H,1,3-5,21H2,2H3/t7-,8+,15+,23-/m0/s1. The fourth-order valence-electron chi connectivity index (χ4n) is 3.02. The summed E-state index contributed by atoms with van der Waals surface area (Å²) < 4.78 is 70.9. The maximum absolute atomic E-state index is 14.0. The van der Waals surface area contributed by atoms with Gasteiger partial charge in [0.05, 0.1) is 15.9 Å². The van der Waals surface area contributed by atoms with Gasteiger partial charge in [-0.3, -0.25) is 0 Å². The van der Waals surface area contributed by atoms with E-state index in [9.17, 15) is 22.0 Å². The summed E-state index contributed by atoms with van der Waals surface area (Å²) in [6, 6.07) is 0. The molecule has 1 aromatic carbocycles. The second-order valence-electron chi connectivity index (χ2n) is 6.40. The van der Waals surface area contributed by atoms with Gasteiger partial charge in [0.1, 0.15) is 0 Å². The molecule has 2 nitrogen and oxygen atoms in total. The van der Waals surface area contributed by atoms with E-state index in [0.717, 1.165) is 23.4 Å². The van der Waals surface area contributed by atoms with Crippen LogP contribution in [-0.4, -0.2) is 11.0 Å². The number of nitrogens with two attached hydrogens (primary N) is 1. The first kappa shape index (κ1) is 20.6. The molecular weight excluding hydrogens is 432 g/mol. The van der Waals surface area contributed by atoms with Crippen molar-refractivity contribution < 1.29 is 26.5 Å². The van der Waals surface area contributed by atoms with Gasteiger partial charge in [-0.2, -0.15) is 0 Å². The third-order valence-corrected chi connectivity index (χ3v) is 13.2. The maximum Gasteiger partial charge on any atom is 0.200 e. The van der Waals surface area contributed by atoms with Crippen LogP contribution in [0.3, 0.4) is 0 Å². The molecule has 0 aromatic heterocycles. The minimum Gasteiger partial charge on any atom is -0.327 e. The lowest BCUT2D eigenvalue weighted by Crippen LogP contribution is -2.49. The van der Waals surface area contributed by atoms with E-state index in [1.165, 1.54) is 0 Å². The van der Waals surface area contributed by atoms with Crippen molar-refractivity contribution in [2.45, 2.75) is 42.1 Å². The molecule has 1 aromatic rings. The molecule has 26 heavy (non-hydrogen) atoms. The lowest BCUT2D eigenvalue weighted by atomic mass is 9.80. The number of hydrogen-bond acceptors (Lipinski definition) is 5. The second kappa shape index (κ2) is 7.04. The van der Waals surface area contributed by atoms with Crippen molar-refractivity contribution in [1.29, 1.82) is 0 Å². The molecule has 0 spiro atoms. The van der Waals surface area contributed by atoms with Crippen LogP contribution in [-0.2, 0) is 16.3 Å². The summed E-state index contributed by atoms with van der Waals surface area (Å²) in [5.74, 6) is -9.81. The summed E-state index contributed by atoms with van der Waals surface area (Å²) in [5.41, 5.74) is 7.36. The Kier molecular flexibility index (Phi) is 5.58. The normalized spacial score (nSPS) is 34.0. The lowest BCUT2D eigenvalue weighted by Gasteiger charge is -2.37. The molecule has 1 heterocycles. The Bertz CT molecular complexity index is 809. The predicted molar refractivity (Wildman–Crippen MR) is 97.9 cm³/mol. The van der Waals surface area contributed by atoms with E-state index in [-0.39, 0.29) is 5.92 Å². The number of hydrogen-bond donors (Lipinski definition) is 1. The molecule has 0 amide bonds. The number of rotatable bonds is 3. The van der Waals surface area contributed by atoms with E-state index >= 15 is 0 Å². The molecule has 2 N–H and O–H groups in total. The van der Waals surface area contributed by atoms with Gasteiger partial charge in [0, 0.05) is 0 Å². The smallest absolute Gasteiger partial charge is 0.200 e. The van der Waals surface area contributed by atoms with E-state index in [0.29, 0.717) is 24.2 Å². The third kappa shape index (κ3) is 3.49. The first-order chi connectivity index (χ1) is 12.0. The Morgan fingerprint density at radius 3 is 2.31 bits per heavy atom. The van der Waals surface area contributed by atoms with Crippen LogP contribution in [0, 0.1) is 35.0 Å². The molecule has 0 radical (unpaired) electrons. The summed E-state index contributed by atoms with van der Waals surface area (Å²) in [7, 11) is 0. The predicted octanol–water partition coefficient (Wildman–Crippen LogP) is 5.86. The minimum atomic E-state index is -3.05. The number of allylic oxidation sites excluding steroid dienone is 1. The van der Waals surface area contributed by atoms with Crippen LogP contribution in [0.5, 0.6) is 0 Å². The monoisotopic (exact) mass is 447 g/mol. The van der Waals surface area contributed by atoms with Gasteiger partial charge in [0.15, 0.2) is 27.9 Å². The topological polar surface area (TPSA) is 35.2 Å². The Labute approximate surface area is 160 Å². The summed E-state index contributed by atoms with van der Waals surface area (Å²) in [6.07, 6.45) is 1.45. The molecule has 1 aliphatic carbocycles. The molecule has 144 valence electrons. The van der Waals surface area contributed by atoms with Crippen LogP contribution in [0.4, 0.5) is 22.0 Å². The van der Waals surface area contributed by atoms with E-state index in [4.69, 9.17) is 22.1 Å². The first-order valence-electron chi connectivity index (χ1n) is 7.62. The van der Waals surface area contributed by atoms with Gasteiger partial charge >= 0.3 is 0 Å². The van der Waals surface area contributed by atoms with Crippen LogP contribution < -0.4 is 5.73 Å². The average molecular weight is 447 g/mol. The lowest BCUT2D eigenvalue weighted by molar-refractivity contribution is 0.123. The van der Waals surface area contributed by atoms with Crippen molar-refractivity contribution in [2.75, 3.05) is 0 Å². The van der Waals surface area contributed by atoms with Crippen LogP contribution in [0.15, 0.2) is 17.0 Å². The zero-order valence-electron chi connectivity index (χ0n) is 13.5. The van der Waals surface area contributed by atoms with E-state index < -0.39 is 49.6 Å². The molecule has 1 saturated carbocycles. The Hall–Kier alpha value is -0.120. The van der Waals surface area contributed by atoms with Crippen LogP contribution in [0.25, 0.3) is 0 Å². The summed E-state index contributed by atoms with van der Waals surface area (Å²) >= 11 is 6.89. The van der Waals surface area contributed by atoms with Gasteiger partial charge < -0.3 is 10.3 Å². The van der Waals surface area contributed by atoms with Crippen LogP contribution >= 0.6 is 27.4 Å². The number of halogens is 5. The molecule has 3 rings (SSSR count). The quantitative estimate of drug-likeness (QED) is 0.206. The molecule has 4 atom stereocenters. The fraction of sp³-hybridized carbons (Fsp3) is 0.467. The van der Waals surface area contributed by atoms with E-state index in [2.05, 4.69) is 6.58 Å². The van der Waals surface area contributed by atoms with Crippen molar-refractivity contribution in [1.82, 2.24) is 0 Å². The highest BCUT2D eigenvalue weighted by Gasteiger charge is 2.54. The van der Waals surface area contributed by atoms with Gasteiger partial charge in [-0.25, -0.2) is 22.0 Å². The highest BCUT2D eigenvalue weighted by atomic mass is 33.2. The first-order valence-corrected chi connectivity index (χ1v) is 13.2. The highest BCUT2D eigenvalue weighted by Crippen LogP contribution is 2.82. The molecule has 1 saturated heterocycles. The van der Waals surface area contributed by atoms with Gasteiger partial charge in [-0.15, -0.1) is 0 Å². The molecule has 11 heteroatoms. The SMILES string of the molecule is C=C(C)[C@H]1CC[C@@]2(N)S[P@@](=S)(Sc3c(F)c(F)c(F)c(F)c3F)O[C@@H]2C1. The van der Waals surface area contributed by atoms with Crippen molar-refractivity contribution >= 4 is 39.2 Å². The molecule has 2 aliphatic rings. The Balaban J connectivity index is 1.91. The van der Waals surface area contributed by atoms with Crippen molar-refractivity contribution in [2.24, 2.45) is 11.7 Å². The van der Waals surface area contributed by atoms with Crippen LogP contribution in [0.1, 0.15) is 26.2 Å². The zero-order valence-corrected chi connectivity index (χ0v) is 16.9. The molecular formula is C15H15F5NOPS3. The zero-order chi connectivity index (χ0) is 19.4. The van der Waals surface area contributed by atoms with E-state index in [1.807, 2.05) is 6.92 Å². The van der Waals surface area contributed by atoms with Crippen molar-refractivity contribution in [3.8, 4) is 0 Å². The average Bonchev–Trinajstić information content (AvgIpc) is 2.84. The summed E-state index contributed by atoms with van der Waals surface area (Å²) in [5, 5.41) is 0. The molecule has 1 aliphatic heterocycles. The second-order valence-corrected chi connectivity index (χ2v) is 16.8. The van der Waals surface area contributed by atoms with Gasteiger partial charge in [-0.1, -0.05) is 23.5 Å². The summed E-state index contributed by atoms with van der Waals surface area (Å²) in [6.45, 7) is 5.83.